The highest BCUT2D eigenvalue weighted by atomic mass is 32.1. The van der Waals surface area contributed by atoms with Crippen LogP contribution in [0.15, 0.2) is 16.8 Å². The number of hydrogen-bond donors (Lipinski definition) is 2. The first-order chi connectivity index (χ1) is 7.74. The summed E-state index contributed by atoms with van der Waals surface area (Å²) >= 11 is 1.67. The minimum atomic E-state index is -0.737. The Morgan fingerprint density at radius 2 is 2.44 bits per heavy atom. The van der Waals surface area contributed by atoms with Gasteiger partial charge in [0, 0.05) is 0 Å². The third-order valence-corrected chi connectivity index (χ3v) is 3.26. The van der Waals surface area contributed by atoms with Crippen LogP contribution in [0.1, 0.15) is 31.7 Å². The summed E-state index contributed by atoms with van der Waals surface area (Å²) in [5, 5.41) is 16.2. The van der Waals surface area contributed by atoms with Gasteiger partial charge in [-0.25, -0.2) is 0 Å². The number of aliphatic carboxylic acids is 1. The molecular weight excluding hydrogens is 222 g/mol. The molecule has 0 aromatic carbocycles. The first kappa shape index (κ1) is 13.2. The van der Waals surface area contributed by atoms with Gasteiger partial charge in [-0.05, 0) is 41.8 Å². The monoisotopic (exact) mass is 241 g/mol. The van der Waals surface area contributed by atoms with Crippen LogP contribution in [0, 0.1) is 0 Å². The Kier molecular flexibility index (Phi) is 6.11. The third-order valence-electron chi connectivity index (χ3n) is 2.53. The van der Waals surface area contributed by atoms with Crippen LogP contribution in [-0.2, 0) is 11.2 Å². The lowest BCUT2D eigenvalue weighted by Crippen LogP contribution is -2.37. The SMILES string of the molecule is CCCCC(NCCc1ccsc1)C(=O)O. The Hall–Kier alpha value is -0.870. The quantitative estimate of drug-likeness (QED) is 0.735. The van der Waals surface area contributed by atoms with Crippen molar-refractivity contribution < 1.29 is 9.90 Å². The van der Waals surface area contributed by atoms with E-state index in [0.29, 0.717) is 0 Å². The fourth-order valence-electron chi connectivity index (χ4n) is 1.55. The zero-order chi connectivity index (χ0) is 11.8. The molecule has 16 heavy (non-hydrogen) atoms. The van der Waals surface area contributed by atoms with Crippen molar-refractivity contribution >= 4 is 17.3 Å². The van der Waals surface area contributed by atoms with Gasteiger partial charge in [0.15, 0.2) is 0 Å². The number of carboxylic acid groups (broad SMARTS) is 1. The molecule has 0 aliphatic rings. The standard InChI is InChI=1S/C12H19NO2S/c1-2-3-4-11(12(14)15)13-7-5-10-6-8-16-9-10/h6,8-9,11,13H,2-5,7H2,1H3,(H,14,15). The topological polar surface area (TPSA) is 49.3 Å². The molecule has 0 aliphatic heterocycles. The summed E-state index contributed by atoms with van der Waals surface area (Å²) in [7, 11) is 0. The molecule has 2 N–H and O–H groups in total. The van der Waals surface area contributed by atoms with Crippen LogP contribution in [-0.4, -0.2) is 23.7 Å². The molecule has 4 heteroatoms. The van der Waals surface area contributed by atoms with Crippen LogP contribution in [0.25, 0.3) is 0 Å². The lowest BCUT2D eigenvalue weighted by Gasteiger charge is -2.13. The van der Waals surface area contributed by atoms with E-state index in [9.17, 15) is 4.79 Å². The zero-order valence-corrected chi connectivity index (χ0v) is 10.4. The first-order valence-corrected chi connectivity index (χ1v) is 6.65. The average molecular weight is 241 g/mol. The van der Waals surface area contributed by atoms with Gasteiger partial charge in [0.05, 0.1) is 0 Å². The molecule has 1 aromatic heterocycles. The van der Waals surface area contributed by atoms with E-state index in [1.807, 2.05) is 5.38 Å². The van der Waals surface area contributed by atoms with Gasteiger partial charge < -0.3 is 10.4 Å². The first-order valence-electron chi connectivity index (χ1n) is 5.71. The third kappa shape index (κ3) is 4.77. The van der Waals surface area contributed by atoms with Crippen molar-refractivity contribution in [3.05, 3.63) is 22.4 Å². The summed E-state index contributed by atoms with van der Waals surface area (Å²) in [5.41, 5.74) is 1.28. The lowest BCUT2D eigenvalue weighted by atomic mass is 10.1. The van der Waals surface area contributed by atoms with Gasteiger partial charge in [0.25, 0.3) is 0 Å². The molecule has 0 bridgehead atoms. The Balaban J connectivity index is 2.24. The average Bonchev–Trinajstić information content (AvgIpc) is 2.75. The predicted octanol–water partition coefficient (Wildman–Crippen LogP) is 2.52. The van der Waals surface area contributed by atoms with E-state index < -0.39 is 12.0 Å². The smallest absolute Gasteiger partial charge is 0.320 e. The lowest BCUT2D eigenvalue weighted by molar-refractivity contribution is -0.139. The molecule has 1 aromatic rings. The molecule has 3 nitrogen and oxygen atoms in total. The van der Waals surface area contributed by atoms with E-state index in [1.165, 1.54) is 5.56 Å². The molecule has 0 aliphatic carbocycles. The molecule has 0 radical (unpaired) electrons. The normalized spacial score (nSPS) is 12.6. The highest BCUT2D eigenvalue weighted by molar-refractivity contribution is 7.07. The van der Waals surface area contributed by atoms with Crippen LogP contribution < -0.4 is 5.32 Å². The molecule has 1 unspecified atom stereocenters. The molecule has 0 amide bonds. The van der Waals surface area contributed by atoms with Crippen molar-refractivity contribution in [2.24, 2.45) is 0 Å². The minimum Gasteiger partial charge on any atom is -0.480 e. The number of nitrogens with one attached hydrogen (secondary N) is 1. The van der Waals surface area contributed by atoms with Crippen LogP contribution in [0.4, 0.5) is 0 Å². The van der Waals surface area contributed by atoms with E-state index in [4.69, 9.17) is 5.11 Å². The maximum absolute atomic E-state index is 10.9. The summed E-state index contributed by atoms with van der Waals surface area (Å²) in [5.74, 6) is -0.737. The molecule has 0 saturated carbocycles. The van der Waals surface area contributed by atoms with Gasteiger partial charge in [-0.15, -0.1) is 0 Å². The number of carboxylic acids is 1. The highest BCUT2D eigenvalue weighted by Gasteiger charge is 2.15. The largest absolute Gasteiger partial charge is 0.480 e. The van der Waals surface area contributed by atoms with Crippen LogP contribution >= 0.6 is 11.3 Å². The van der Waals surface area contributed by atoms with Crippen molar-refractivity contribution in [1.82, 2.24) is 5.32 Å². The second-order valence-electron chi connectivity index (χ2n) is 3.87. The highest BCUT2D eigenvalue weighted by Crippen LogP contribution is 2.06. The van der Waals surface area contributed by atoms with Gasteiger partial charge in [-0.2, -0.15) is 11.3 Å². The molecule has 90 valence electrons. The molecular formula is C12H19NO2S. The molecule has 0 saturated heterocycles. The summed E-state index contributed by atoms with van der Waals surface area (Å²) in [4.78, 5) is 10.9. The van der Waals surface area contributed by atoms with E-state index >= 15 is 0 Å². The fraction of sp³-hybridized carbons (Fsp3) is 0.583. The summed E-state index contributed by atoms with van der Waals surface area (Å²) in [6.07, 6.45) is 3.62. The van der Waals surface area contributed by atoms with Gasteiger partial charge in [-0.1, -0.05) is 19.8 Å². The number of hydrogen-bond acceptors (Lipinski definition) is 3. The second-order valence-corrected chi connectivity index (χ2v) is 4.65. The number of thiophene rings is 1. The van der Waals surface area contributed by atoms with Gasteiger partial charge in [0.2, 0.25) is 0 Å². The molecule has 0 spiro atoms. The number of rotatable bonds is 8. The second kappa shape index (κ2) is 7.41. The summed E-state index contributed by atoms with van der Waals surface area (Å²) in [6.45, 7) is 2.81. The predicted molar refractivity (Wildman–Crippen MR) is 67.0 cm³/mol. The van der Waals surface area contributed by atoms with Crippen molar-refractivity contribution in [1.29, 1.82) is 0 Å². The maximum Gasteiger partial charge on any atom is 0.320 e. The Morgan fingerprint density at radius 3 is 3.00 bits per heavy atom. The summed E-state index contributed by atoms with van der Waals surface area (Å²) in [6, 6.07) is 1.69. The zero-order valence-electron chi connectivity index (χ0n) is 9.61. The van der Waals surface area contributed by atoms with Crippen LogP contribution in [0.2, 0.25) is 0 Å². The molecule has 0 fully saturated rings. The minimum absolute atomic E-state index is 0.390. The number of unbranched alkanes of at least 4 members (excludes halogenated alkanes) is 1. The van der Waals surface area contributed by atoms with Crippen molar-refractivity contribution in [3.8, 4) is 0 Å². The summed E-state index contributed by atoms with van der Waals surface area (Å²) < 4.78 is 0. The fourth-order valence-corrected chi connectivity index (χ4v) is 2.25. The van der Waals surface area contributed by atoms with Crippen molar-refractivity contribution in [2.45, 2.75) is 38.6 Å². The molecule has 1 atom stereocenters. The number of carbonyl (C=O) groups is 1. The van der Waals surface area contributed by atoms with Crippen LogP contribution in [0.3, 0.4) is 0 Å². The Labute approximate surface area is 100 Å². The molecule has 1 rings (SSSR count). The van der Waals surface area contributed by atoms with E-state index in [2.05, 4.69) is 23.7 Å². The Morgan fingerprint density at radius 1 is 1.62 bits per heavy atom. The maximum atomic E-state index is 10.9. The van der Waals surface area contributed by atoms with E-state index in [1.54, 1.807) is 11.3 Å². The Bertz CT molecular complexity index is 298. The van der Waals surface area contributed by atoms with Crippen LogP contribution in [0.5, 0.6) is 0 Å². The van der Waals surface area contributed by atoms with E-state index in [-0.39, 0.29) is 0 Å². The van der Waals surface area contributed by atoms with Gasteiger partial charge >= 0.3 is 5.97 Å². The van der Waals surface area contributed by atoms with Crippen molar-refractivity contribution in [3.63, 3.8) is 0 Å². The van der Waals surface area contributed by atoms with E-state index in [0.717, 1.165) is 32.2 Å². The molecule has 1 heterocycles. The van der Waals surface area contributed by atoms with Gasteiger partial charge in [-0.3, -0.25) is 4.79 Å². The van der Waals surface area contributed by atoms with Crippen molar-refractivity contribution in [2.75, 3.05) is 6.54 Å². The van der Waals surface area contributed by atoms with Gasteiger partial charge in [0.1, 0.15) is 6.04 Å².